The van der Waals surface area contributed by atoms with Crippen LogP contribution in [0, 0.1) is 11.8 Å². The zero-order valence-electron chi connectivity index (χ0n) is 25.7. The van der Waals surface area contributed by atoms with Crippen molar-refractivity contribution in [2.75, 3.05) is 85.0 Å². The van der Waals surface area contributed by atoms with E-state index in [1.807, 2.05) is 18.7 Å². The van der Waals surface area contributed by atoms with Gasteiger partial charge in [-0.2, -0.15) is 0 Å². The van der Waals surface area contributed by atoms with E-state index in [2.05, 4.69) is 37.6 Å². The highest BCUT2D eigenvalue weighted by molar-refractivity contribution is 8.00. The molecule has 0 spiro atoms. The number of likely N-dealkylation sites (tertiary alicyclic amines) is 1. The monoisotopic (exact) mass is 596 g/mol. The summed E-state index contributed by atoms with van der Waals surface area (Å²) in [5.74, 6) is 2.22. The number of hydrogen-bond acceptors (Lipinski definition) is 10. The Morgan fingerprint density at radius 1 is 1.12 bits per heavy atom. The van der Waals surface area contributed by atoms with Gasteiger partial charge in [0, 0.05) is 64.2 Å². The number of aliphatic hydroxyl groups is 1. The SMILES string of the molecule is COCCNC(=O)COC1C(C)CC2CCCNC2C1N1CCCN(CC2CSC(N3CCC(C)(O)CC3)N2)CC1. The van der Waals surface area contributed by atoms with Gasteiger partial charge < -0.3 is 30.1 Å². The largest absolute Gasteiger partial charge is 0.390 e. The molecular formula is C30H56N6O4S. The van der Waals surface area contributed by atoms with Crippen LogP contribution in [-0.4, -0.2) is 146 Å². The normalized spacial score (nSPS) is 37.4. The van der Waals surface area contributed by atoms with Crippen molar-refractivity contribution in [1.82, 2.24) is 30.7 Å². The van der Waals surface area contributed by atoms with E-state index < -0.39 is 5.60 Å². The molecule has 1 saturated carbocycles. The summed E-state index contributed by atoms with van der Waals surface area (Å²) >= 11 is 2.03. The van der Waals surface area contributed by atoms with Gasteiger partial charge in [-0.15, -0.1) is 11.8 Å². The molecule has 4 N–H and O–H groups in total. The number of hydrogen-bond donors (Lipinski definition) is 4. The maximum Gasteiger partial charge on any atom is 0.246 e. The molecule has 7 atom stereocenters. The number of piperidine rings is 2. The fourth-order valence-corrected chi connectivity index (χ4v) is 9.18. The maximum absolute atomic E-state index is 12.5. The van der Waals surface area contributed by atoms with E-state index in [1.165, 1.54) is 19.3 Å². The Hall–Kier alpha value is -0.500. The first-order chi connectivity index (χ1) is 19.8. The van der Waals surface area contributed by atoms with Crippen LogP contribution in [0.2, 0.25) is 0 Å². The van der Waals surface area contributed by atoms with Crippen LogP contribution < -0.4 is 16.0 Å². The smallest absolute Gasteiger partial charge is 0.246 e. The third kappa shape index (κ3) is 8.57. The van der Waals surface area contributed by atoms with Crippen molar-refractivity contribution in [3.63, 3.8) is 0 Å². The van der Waals surface area contributed by atoms with Gasteiger partial charge in [0.2, 0.25) is 5.91 Å². The minimum Gasteiger partial charge on any atom is -0.390 e. The van der Waals surface area contributed by atoms with Gasteiger partial charge >= 0.3 is 0 Å². The molecule has 1 aliphatic carbocycles. The quantitative estimate of drug-likeness (QED) is 0.271. The Morgan fingerprint density at radius 3 is 2.76 bits per heavy atom. The number of carbonyl (C=O) groups excluding carboxylic acids is 1. The minimum absolute atomic E-state index is 0.0519. The molecular weight excluding hydrogens is 540 g/mol. The molecule has 10 nitrogen and oxygen atoms in total. The number of nitrogens with zero attached hydrogens (tertiary/aromatic N) is 3. The lowest BCUT2D eigenvalue weighted by Gasteiger charge is -2.52. The molecule has 5 aliphatic rings. The van der Waals surface area contributed by atoms with Gasteiger partial charge in [0.1, 0.15) is 12.1 Å². The molecule has 4 saturated heterocycles. The summed E-state index contributed by atoms with van der Waals surface area (Å²) in [6.07, 6.45) is 6.66. The number of carbonyl (C=O) groups is 1. The fraction of sp³-hybridized carbons (Fsp3) is 0.967. The topological polar surface area (TPSA) is 102 Å². The van der Waals surface area contributed by atoms with Gasteiger partial charge in [0.25, 0.3) is 0 Å². The molecule has 7 unspecified atom stereocenters. The zero-order chi connectivity index (χ0) is 28.8. The lowest BCUT2D eigenvalue weighted by molar-refractivity contribution is -0.137. The number of nitrogens with one attached hydrogen (secondary N) is 3. The summed E-state index contributed by atoms with van der Waals surface area (Å²) in [6.45, 7) is 13.9. The second-order valence-electron chi connectivity index (χ2n) is 13.5. The summed E-state index contributed by atoms with van der Waals surface area (Å²) < 4.78 is 11.6. The van der Waals surface area contributed by atoms with Crippen molar-refractivity contribution in [2.24, 2.45) is 11.8 Å². The minimum atomic E-state index is -0.499. The van der Waals surface area contributed by atoms with E-state index >= 15 is 0 Å². The van der Waals surface area contributed by atoms with Crippen LogP contribution in [0.1, 0.15) is 52.4 Å². The van der Waals surface area contributed by atoms with Gasteiger partial charge in [-0.1, -0.05) is 6.92 Å². The average molecular weight is 597 g/mol. The van der Waals surface area contributed by atoms with Crippen LogP contribution in [0.25, 0.3) is 0 Å². The van der Waals surface area contributed by atoms with Crippen molar-refractivity contribution >= 4 is 17.7 Å². The van der Waals surface area contributed by atoms with Crippen LogP contribution >= 0.6 is 11.8 Å². The van der Waals surface area contributed by atoms with Crippen LogP contribution in [-0.2, 0) is 14.3 Å². The fourth-order valence-electron chi connectivity index (χ4n) is 7.85. The highest BCUT2D eigenvalue weighted by atomic mass is 32.2. The van der Waals surface area contributed by atoms with Crippen molar-refractivity contribution < 1.29 is 19.4 Å². The van der Waals surface area contributed by atoms with Crippen LogP contribution in [0.5, 0.6) is 0 Å². The maximum atomic E-state index is 12.5. The van der Waals surface area contributed by atoms with E-state index in [1.54, 1.807) is 7.11 Å². The third-order valence-corrected chi connectivity index (χ3v) is 11.5. The van der Waals surface area contributed by atoms with Gasteiger partial charge in [0.15, 0.2) is 0 Å². The predicted octanol–water partition coefficient (Wildman–Crippen LogP) is 0.754. The summed E-state index contributed by atoms with van der Waals surface area (Å²) in [7, 11) is 1.65. The van der Waals surface area contributed by atoms with Crippen LogP contribution in [0.4, 0.5) is 0 Å². The van der Waals surface area contributed by atoms with Gasteiger partial charge in [-0.05, 0) is 76.9 Å². The Balaban J connectivity index is 1.15. The first-order valence-corrected chi connectivity index (χ1v) is 17.3. The molecule has 4 heterocycles. The van der Waals surface area contributed by atoms with E-state index in [4.69, 9.17) is 9.47 Å². The lowest BCUT2D eigenvalue weighted by atomic mass is 9.70. The Labute approximate surface area is 252 Å². The lowest BCUT2D eigenvalue weighted by Crippen LogP contribution is -2.66. The second-order valence-corrected chi connectivity index (χ2v) is 14.6. The molecule has 236 valence electrons. The first kappa shape index (κ1) is 31.9. The molecule has 0 aromatic carbocycles. The molecule has 0 aromatic rings. The number of methoxy groups -OCH3 is 1. The summed E-state index contributed by atoms with van der Waals surface area (Å²) in [4.78, 5) is 20.4. The van der Waals surface area contributed by atoms with Crippen molar-refractivity contribution in [2.45, 2.75) is 87.7 Å². The highest BCUT2D eigenvalue weighted by Crippen LogP contribution is 2.39. The average Bonchev–Trinajstić information content (AvgIpc) is 3.29. The molecule has 5 rings (SSSR count). The molecule has 11 heteroatoms. The number of rotatable bonds is 10. The Kier molecular flexibility index (Phi) is 11.7. The van der Waals surface area contributed by atoms with Gasteiger partial charge in [0.05, 0.1) is 24.4 Å². The van der Waals surface area contributed by atoms with Crippen molar-refractivity contribution in [1.29, 1.82) is 0 Å². The predicted molar refractivity (Wildman–Crippen MR) is 164 cm³/mol. The Morgan fingerprint density at radius 2 is 1.95 bits per heavy atom. The van der Waals surface area contributed by atoms with Crippen molar-refractivity contribution in [3.05, 3.63) is 0 Å². The van der Waals surface area contributed by atoms with E-state index in [9.17, 15) is 9.90 Å². The molecule has 4 aliphatic heterocycles. The highest BCUT2D eigenvalue weighted by Gasteiger charge is 2.47. The number of amides is 1. The summed E-state index contributed by atoms with van der Waals surface area (Å²) in [6, 6.07) is 1.24. The summed E-state index contributed by atoms with van der Waals surface area (Å²) in [5.41, 5.74) is -0.122. The molecule has 0 radical (unpaired) electrons. The zero-order valence-corrected chi connectivity index (χ0v) is 26.5. The molecule has 0 aromatic heterocycles. The standard InChI is InChI=1S/C30H56N6O4S/c1-22-18-23-6-4-9-32-26(23)27(28(22)40-20-25(37)31-10-17-39-3)35-12-5-11-34(15-16-35)19-24-21-41-29(33-24)36-13-7-30(2,38)8-14-36/h22-24,26-29,32-33,38H,4-21H2,1-3H3,(H,31,37). The Bertz CT molecular complexity index is 829. The van der Waals surface area contributed by atoms with E-state index in [-0.39, 0.29) is 18.6 Å². The number of ether oxygens (including phenoxy) is 2. The first-order valence-electron chi connectivity index (χ1n) is 16.2. The van der Waals surface area contributed by atoms with Crippen molar-refractivity contribution in [3.8, 4) is 0 Å². The second kappa shape index (κ2) is 15.0. The van der Waals surface area contributed by atoms with Gasteiger partial charge in [-0.25, -0.2) is 0 Å². The molecule has 1 amide bonds. The summed E-state index contributed by atoms with van der Waals surface area (Å²) in [5, 5.41) is 21.1. The van der Waals surface area contributed by atoms with Crippen LogP contribution in [0.3, 0.4) is 0 Å². The molecule has 0 bridgehead atoms. The number of thioether (sulfide) groups is 1. The third-order valence-electron chi connectivity index (χ3n) is 10.2. The molecule has 5 fully saturated rings. The van der Waals surface area contributed by atoms with E-state index in [0.717, 1.165) is 77.4 Å². The van der Waals surface area contributed by atoms with Crippen LogP contribution in [0.15, 0.2) is 0 Å². The van der Waals surface area contributed by atoms with E-state index in [0.29, 0.717) is 48.6 Å². The number of fused-ring (bicyclic) bond motifs is 1. The van der Waals surface area contributed by atoms with Gasteiger partial charge in [-0.3, -0.25) is 19.9 Å². The molecule has 41 heavy (non-hydrogen) atoms.